The second kappa shape index (κ2) is 8.77. The van der Waals surface area contributed by atoms with Gasteiger partial charge in [0.25, 0.3) is 0 Å². The van der Waals surface area contributed by atoms with E-state index in [0.717, 1.165) is 49.2 Å². The molecule has 2 N–H and O–H groups in total. The third-order valence-corrected chi connectivity index (χ3v) is 5.77. The fourth-order valence-corrected chi connectivity index (χ4v) is 4.03. The summed E-state index contributed by atoms with van der Waals surface area (Å²) in [4.78, 5) is 12.6. The normalized spacial score (nSPS) is 19.8. The van der Waals surface area contributed by atoms with Crippen LogP contribution in [0.15, 0.2) is 54.6 Å². The van der Waals surface area contributed by atoms with Crippen molar-refractivity contribution in [3.8, 4) is 5.75 Å². The van der Waals surface area contributed by atoms with E-state index >= 15 is 0 Å². The number of hydrogen-bond acceptors (Lipinski definition) is 3. The Morgan fingerprint density at radius 1 is 1.07 bits per heavy atom. The van der Waals surface area contributed by atoms with E-state index in [2.05, 4.69) is 22.8 Å². The highest BCUT2D eigenvalue weighted by Gasteiger charge is 2.57. The van der Waals surface area contributed by atoms with Gasteiger partial charge in [-0.3, -0.25) is 4.79 Å². The lowest BCUT2D eigenvalue weighted by Gasteiger charge is -2.23. The van der Waals surface area contributed by atoms with Crippen LogP contribution in [0.25, 0.3) is 0 Å². The number of halogens is 1. The highest BCUT2D eigenvalue weighted by molar-refractivity contribution is 5.85. The molecule has 0 aromatic heterocycles. The topological polar surface area (TPSA) is 50.4 Å². The Morgan fingerprint density at radius 3 is 2.56 bits per heavy atom. The van der Waals surface area contributed by atoms with Crippen molar-refractivity contribution in [2.45, 2.75) is 32.4 Å². The predicted octanol–water partition coefficient (Wildman–Crippen LogP) is 3.69. The Bertz CT molecular complexity index is 760. The lowest BCUT2D eigenvalue weighted by molar-refractivity contribution is -0.123. The molecule has 0 bridgehead atoms. The van der Waals surface area contributed by atoms with Gasteiger partial charge in [-0.1, -0.05) is 48.5 Å². The van der Waals surface area contributed by atoms with Crippen molar-refractivity contribution in [2.75, 3.05) is 13.1 Å². The maximum absolute atomic E-state index is 12.6. The molecular formula is C22H27ClN2O2. The minimum atomic E-state index is 0. The summed E-state index contributed by atoms with van der Waals surface area (Å²) in [5, 5.41) is 6.52. The lowest BCUT2D eigenvalue weighted by Crippen LogP contribution is -2.33. The molecule has 4 rings (SSSR count). The molecule has 1 amide bonds. The average molecular weight is 387 g/mol. The van der Waals surface area contributed by atoms with Crippen LogP contribution in [0.5, 0.6) is 5.75 Å². The Hall–Kier alpha value is -2.04. The van der Waals surface area contributed by atoms with E-state index < -0.39 is 0 Å². The number of carbonyl (C=O) groups is 1. The number of para-hydroxylation sites is 1. The highest BCUT2D eigenvalue weighted by atomic mass is 35.5. The zero-order valence-corrected chi connectivity index (χ0v) is 16.3. The van der Waals surface area contributed by atoms with E-state index in [1.54, 1.807) is 0 Å². The van der Waals surface area contributed by atoms with Crippen LogP contribution in [-0.4, -0.2) is 19.0 Å². The summed E-state index contributed by atoms with van der Waals surface area (Å²) in [6, 6.07) is 18.1. The monoisotopic (exact) mass is 386 g/mol. The lowest BCUT2D eigenvalue weighted by atomic mass is 9.92. The van der Waals surface area contributed by atoms with Crippen LogP contribution >= 0.6 is 12.4 Å². The highest BCUT2D eigenvalue weighted by Crippen LogP contribution is 2.58. The maximum Gasteiger partial charge on any atom is 0.223 e. The van der Waals surface area contributed by atoms with E-state index in [1.807, 2.05) is 42.5 Å². The first kappa shape index (κ1) is 19.7. The number of amides is 1. The summed E-state index contributed by atoms with van der Waals surface area (Å²) in [6.45, 7) is 3.14. The third kappa shape index (κ3) is 4.63. The number of ether oxygens (including phenoxy) is 1. The number of benzene rings is 2. The summed E-state index contributed by atoms with van der Waals surface area (Å²) >= 11 is 0. The summed E-state index contributed by atoms with van der Waals surface area (Å²) in [5.41, 5.74) is 2.44. The predicted molar refractivity (Wildman–Crippen MR) is 109 cm³/mol. The summed E-state index contributed by atoms with van der Waals surface area (Å²) < 4.78 is 5.98. The van der Waals surface area contributed by atoms with E-state index in [0.29, 0.717) is 13.2 Å². The molecule has 1 aliphatic carbocycles. The number of rotatable bonds is 6. The summed E-state index contributed by atoms with van der Waals surface area (Å²) in [7, 11) is 0. The molecule has 0 radical (unpaired) electrons. The fraction of sp³-hybridized carbons (Fsp3) is 0.409. The molecule has 1 atom stereocenters. The van der Waals surface area contributed by atoms with Gasteiger partial charge in [0.1, 0.15) is 12.4 Å². The van der Waals surface area contributed by atoms with Crippen LogP contribution < -0.4 is 15.4 Å². The van der Waals surface area contributed by atoms with Gasteiger partial charge < -0.3 is 15.4 Å². The molecule has 2 aromatic carbocycles. The number of carbonyl (C=O) groups excluding carboxylic acids is 1. The first-order chi connectivity index (χ1) is 12.8. The summed E-state index contributed by atoms with van der Waals surface area (Å²) in [5.74, 6) is 1.23. The van der Waals surface area contributed by atoms with E-state index in [1.165, 1.54) is 0 Å². The second-order valence-electron chi connectivity index (χ2n) is 7.47. The molecule has 2 fully saturated rings. The van der Waals surface area contributed by atoms with Crippen LogP contribution in [0.1, 0.15) is 30.4 Å². The third-order valence-electron chi connectivity index (χ3n) is 5.77. The van der Waals surface area contributed by atoms with Crippen LogP contribution in [0.3, 0.4) is 0 Å². The fourth-order valence-electron chi connectivity index (χ4n) is 4.03. The van der Waals surface area contributed by atoms with Gasteiger partial charge in [-0.25, -0.2) is 0 Å². The van der Waals surface area contributed by atoms with E-state index in [9.17, 15) is 4.79 Å². The van der Waals surface area contributed by atoms with Crippen molar-refractivity contribution in [1.29, 1.82) is 0 Å². The minimum absolute atomic E-state index is 0. The molecule has 1 saturated carbocycles. The van der Waals surface area contributed by atoms with E-state index in [-0.39, 0.29) is 29.6 Å². The first-order valence-corrected chi connectivity index (χ1v) is 9.50. The van der Waals surface area contributed by atoms with Crippen molar-refractivity contribution in [3.63, 3.8) is 0 Å². The molecule has 1 saturated heterocycles. The SMILES string of the molecule is Cl.O=C(NCc1ccccc1OCc1ccccc1)C1CC12CCNCC2. The average Bonchev–Trinajstić information content (AvgIpc) is 3.39. The molecule has 2 aliphatic rings. The second-order valence-corrected chi connectivity index (χ2v) is 7.47. The van der Waals surface area contributed by atoms with Gasteiger partial charge in [-0.15, -0.1) is 12.4 Å². The molecule has 2 aromatic rings. The Kier molecular flexibility index (Phi) is 6.40. The molecular weight excluding hydrogens is 360 g/mol. The van der Waals surface area contributed by atoms with E-state index in [4.69, 9.17) is 4.74 Å². The van der Waals surface area contributed by atoms with Gasteiger partial charge in [0.2, 0.25) is 5.91 Å². The van der Waals surface area contributed by atoms with Crippen molar-refractivity contribution >= 4 is 18.3 Å². The number of nitrogens with one attached hydrogen (secondary N) is 2. The van der Waals surface area contributed by atoms with Gasteiger partial charge >= 0.3 is 0 Å². The Morgan fingerprint density at radius 2 is 1.78 bits per heavy atom. The van der Waals surface area contributed by atoms with Crippen molar-refractivity contribution in [1.82, 2.24) is 10.6 Å². The minimum Gasteiger partial charge on any atom is -0.489 e. The Labute approximate surface area is 167 Å². The molecule has 1 aliphatic heterocycles. The van der Waals surface area contributed by atoms with Crippen LogP contribution in [-0.2, 0) is 17.9 Å². The standard InChI is InChI=1S/C22H26N2O2.ClH/c25-21(19-14-22(19)10-12-23-13-11-22)24-15-18-8-4-5-9-20(18)26-16-17-6-2-1-3-7-17;/h1-9,19,23H,10-16H2,(H,24,25);1H. The molecule has 5 heteroatoms. The first-order valence-electron chi connectivity index (χ1n) is 9.50. The molecule has 1 heterocycles. The number of hydrogen-bond donors (Lipinski definition) is 2. The quantitative estimate of drug-likeness (QED) is 0.796. The van der Waals surface area contributed by atoms with Crippen LogP contribution in [0, 0.1) is 11.3 Å². The van der Waals surface area contributed by atoms with Gasteiger partial charge in [0, 0.05) is 18.0 Å². The van der Waals surface area contributed by atoms with Gasteiger partial charge in [0.05, 0.1) is 0 Å². The van der Waals surface area contributed by atoms with Crippen LogP contribution in [0.4, 0.5) is 0 Å². The molecule has 4 nitrogen and oxygen atoms in total. The van der Waals surface area contributed by atoms with Gasteiger partial charge in [-0.2, -0.15) is 0 Å². The molecule has 1 unspecified atom stereocenters. The Balaban J connectivity index is 0.00000210. The summed E-state index contributed by atoms with van der Waals surface area (Å²) in [6.07, 6.45) is 3.30. The zero-order valence-electron chi connectivity index (χ0n) is 15.4. The molecule has 1 spiro atoms. The molecule has 144 valence electrons. The smallest absolute Gasteiger partial charge is 0.223 e. The van der Waals surface area contributed by atoms with Crippen molar-refractivity contribution < 1.29 is 9.53 Å². The number of piperidine rings is 1. The van der Waals surface area contributed by atoms with Gasteiger partial charge in [-0.05, 0) is 49.4 Å². The maximum atomic E-state index is 12.6. The van der Waals surface area contributed by atoms with Crippen molar-refractivity contribution in [3.05, 3.63) is 65.7 Å². The van der Waals surface area contributed by atoms with Crippen LogP contribution in [0.2, 0.25) is 0 Å². The molecule has 27 heavy (non-hydrogen) atoms. The van der Waals surface area contributed by atoms with Crippen molar-refractivity contribution in [2.24, 2.45) is 11.3 Å². The van der Waals surface area contributed by atoms with Gasteiger partial charge in [0.15, 0.2) is 0 Å². The zero-order chi connectivity index (χ0) is 17.8. The largest absolute Gasteiger partial charge is 0.489 e.